The summed E-state index contributed by atoms with van der Waals surface area (Å²) in [6.45, 7) is 0. The van der Waals surface area contributed by atoms with E-state index in [1.165, 1.54) is 0 Å². The van der Waals surface area contributed by atoms with Crippen LogP contribution in [0.1, 0.15) is 0 Å². The summed E-state index contributed by atoms with van der Waals surface area (Å²) in [5.74, 6) is 0.981. The maximum Gasteiger partial charge on any atom is 0.229 e. The van der Waals surface area contributed by atoms with Crippen LogP contribution in [0.4, 0.5) is 5.95 Å². The molecular formula is C14H12ClN5. The van der Waals surface area contributed by atoms with Crippen LogP contribution in [-0.2, 0) is 0 Å². The lowest BCUT2D eigenvalue weighted by atomic mass is 10.2. The molecule has 0 atom stereocenters. The van der Waals surface area contributed by atoms with Crippen molar-refractivity contribution >= 4 is 28.5 Å². The second-order valence-electron chi connectivity index (χ2n) is 4.51. The number of fused-ring (bicyclic) bond motifs is 1. The molecule has 0 radical (unpaired) electrons. The van der Waals surface area contributed by atoms with E-state index in [-0.39, 0.29) is 5.28 Å². The maximum atomic E-state index is 5.95. The maximum absolute atomic E-state index is 5.95. The summed E-state index contributed by atoms with van der Waals surface area (Å²) in [7, 11) is 3.70. The molecule has 0 N–H and O–H groups in total. The Kier molecular flexibility index (Phi) is 3.20. The Morgan fingerprint density at radius 3 is 2.50 bits per heavy atom. The van der Waals surface area contributed by atoms with Gasteiger partial charge < -0.3 is 4.90 Å². The average Bonchev–Trinajstić information content (AvgIpc) is 2.46. The van der Waals surface area contributed by atoms with E-state index in [1.807, 2.05) is 50.5 Å². The highest BCUT2D eigenvalue weighted by Gasteiger charge is 2.10. The highest BCUT2D eigenvalue weighted by molar-refractivity contribution is 6.28. The molecule has 0 saturated carbocycles. The lowest BCUT2D eigenvalue weighted by molar-refractivity contribution is 0.958. The van der Waals surface area contributed by atoms with Gasteiger partial charge in [0, 0.05) is 19.5 Å². The predicted octanol–water partition coefficient (Wildman–Crippen LogP) is 2.81. The van der Waals surface area contributed by atoms with Crippen LogP contribution in [0.25, 0.3) is 22.4 Å². The number of aromatic nitrogens is 4. The molecule has 0 unspecified atom stereocenters. The first-order valence-corrected chi connectivity index (χ1v) is 6.46. The minimum Gasteiger partial charge on any atom is -0.347 e. The summed E-state index contributed by atoms with van der Waals surface area (Å²) in [6.07, 6.45) is 0. The normalized spacial score (nSPS) is 10.8. The standard InChI is InChI=1S/C14H12ClN5/c1-20(2)14-18-12(17-13(15)19-14)11-8-7-9-5-3-4-6-10(9)16-11/h3-8H,1-2H3. The van der Waals surface area contributed by atoms with Gasteiger partial charge in [-0.15, -0.1) is 0 Å². The van der Waals surface area contributed by atoms with Crippen LogP contribution >= 0.6 is 11.6 Å². The van der Waals surface area contributed by atoms with E-state index in [0.717, 1.165) is 10.9 Å². The van der Waals surface area contributed by atoms with Crippen LogP contribution in [0, 0.1) is 0 Å². The van der Waals surface area contributed by atoms with E-state index in [2.05, 4.69) is 19.9 Å². The molecule has 3 rings (SSSR count). The first kappa shape index (κ1) is 12.7. The fraction of sp³-hybridized carbons (Fsp3) is 0.143. The monoisotopic (exact) mass is 285 g/mol. The Bertz CT molecular complexity index is 772. The fourth-order valence-corrected chi connectivity index (χ4v) is 2.00. The molecule has 0 saturated heterocycles. The van der Waals surface area contributed by atoms with Crippen molar-refractivity contribution in [1.29, 1.82) is 0 Å². The van der Waals surface area contributed by atoms with Gasteiger partial charge in [-0.1, -0.05) is 24.3 Å². The topological polar surface area (TPSA) is 54.8 Å². The Morgan fingerprint density at radius 2 is 1.70 bits per heavy atom. The molecule has 2 heterocycles. The van der Waals surface area contributed by atoms with Gasteiger partial charge >= 0.3 is 0 Å². The number of pyridine rings is 1. The van der Waals surface area contributed by atoms with Gasteiger partial charge in [-0.05, 0) is 23.7 Å². The first-order chi connectivity index (χ1) is 9.63. The van der Waals surface area contributed by atoms with Crippen molar-refractivity contribution in [3.05, 3.63) is 41.7 Å². The summed E-state index contributed by atoms with van der Waals surface area (Å²) >= 11 is 5.95. The van der Waals surface area contributed by atoms with Gasteiger partial charge in [0.05, 0.1) is 5.52 Å². The highest BCUT2D eigenvalue weighted by atomic mass is 35.5. The lowest BCUT2D eigenvalue weighted by Crippen LogP contribution is -2.14. The third kappa shape index (κ3) is 2.40. The van der Waals surface area contributed by atoms with Gasteiger partial charge in [0.1, 0.15) is 5.69 Å². The molecule has 20 heavy (non-hydrogen) atoms. The molecule has 5 nitrogen and oxygen atoms in total. The van der Waals surface area contributed by atoms with Crippen LogP contribution in [0.2, 0.25) is 5.28 Å². The van der Waals surface area contributed by atoms with Crippen LogP contribution in [0.5, 0.6) is 0 Å². The lowest BCUT2D eigenvalue weighted by Gasteiger charge is -2.10. The molecule has 2 aromatic heterocycles. The second kappa shape index (κ2) is 5.02. The first-order valence-electron chi connectivity index (χ1n) is 6.08. The van der Waals surface area contributed by atoms with Crippen LogP contribution in [-0.4, -0.2) is 34.0 Å². The molecule has 0 spiro atoms. The SMILES string of the molecule is CN(C)c1nc(Cl)nc(-c2ccc3ccccc3n2)n1. The van der Waals surface area contributed by atoms with Gasteiger partial charge in [-0.25, -0.2) is 4.98 Å². The van der Waals surface area contributed by atoms with Crippen molar-refractivity contribution in [2.45, 2.75) is 0 Å². The zero-order valence-electron chi connectivity index (χ0n) is 11.1. The van der Waals surface area contributed by atoms with E-state index < -0.39 is 0 Å². The molecule has 0 bridgehead atoms. The minimum absolute atomic E-state index is 0.161. The van der Waals surface area contributed by atoms with Crippen LogP contribution in [0.15, 0.2) is 36.4 Å². The average molecular weight is 286 g/mol. The van der Waals surface area contributed by atoms with E-state index in [4.69, 9.17) is 11.6 Å². The number of hydrogen-bond acceptors (Lipinski definition) is 5. The van der Waals surface area contributed by atoms with E-state index >= 15 is 0 Å². The fourth-order valence-electron chi connectivity index (χ4n) is 1.84. The molecule has 6 heteroatoms. The van der Waals surface area contributed by atoms with Crippen molar-refractivity contribution in [3.8, 4) is 11.5 Å². The predicted molar refractivity (Wildman–Crippen MR) is 79.9 cm³/mol. The number of halogens is 1. The highest BCUT2D eigenvalue weighted by Crippen LogP contribution is 2.20. The quantitative estimate of drug-likeness (QED) is 0.725. The van der Waals surface area contributed by atoms with E-state index in [9.17, 15) is 0 Å². The number of nitrogens with zero attached hydrogens (tertiary/aromatic N) is 5. The summed E-state index contributed by atoms with van der Waals surface area (Å²) in [6, 6.07) is 11.8. The van der Waals surface area contributed by atoms with Crippen molar-refractivity contribution in [1.82, 2.24) is 19.9 Å². The molecule has 1 aromatic carbocycles. The second-order valence-corrected chi connectivity index (χ2v) is 4.85. The third-order valence-electron chi connectivity index (χ3n) is 2.82. The van der Waals surface area contributed by atoms with Crippen molar-refractivity contribution in [2.75, 3.05) is 19.0 Å². The van der Waals surface area contributed by atoms with E-state index in [0.29, 0.717) is 17.5 Å². The smallest absolute Gasteiger partial charge is 0.229 e. The Morgan fingerprint density at radius 1 is 0.900 bits per heavy atom. The molecule has 0 aliphatic heterocycles. The molecule has 0 aliphatic rings. The van der Waals surface area contributed by atoms with Gasteiger partial charge in [-0.3, -0.25) is 0 Å². The minimum atomic E-state index is 0.161. The zero-order chi connectivity index (χ0) is 14.1. The zero-order valence-corrected chi connectivity index (χ0v) is 11.8. The molecular weight excluding hydrogens is 274 g/mol. The number of para-hydroxylation sites is 1. The number of rotatable bonds is 2. The van der Waals surface area contributed by atoms with Crippen molar-refractivity contribution in [2.24, 2.45) is 0 Å². The Labute approximate surface area is 121 Å². The molecule has 0 amide bonds. The molecule has 3 aromatic rings. The van der Waals surface area contributed by atoms with Crippen molar-refractivity contribution in [3.63, 3.8) is 0 Å². The Balaban J connectivity index is 2.15. The van der Waals surface area contributed by atoms with Gasteiger partial charge in [0.2, 0.25) is 11.2 Å². The number of benzene rings is 1. The van der Waals surface area contributed by atoms with Gasteiger partial charge in [0.15, 0.2) is 5.82 Å². The summed E-state index contributed by atoms with van der Waals surface area (Å²) in [5, 5.41) is 1.23. The Hall–Kier alpha value is -2.27. The number of anilines is 1. The summed E-state index contributed by atoms with van der Waals surface area (Å²) in [5.41, 5.74) is 1.57. The van der Waals surface area contributed by atoms with E-state index in [1.54, 1.807) is 4.90 Å². The third-order valence-corrected chi connectivity index (χ3v) is 2.99. The molecule has 100 valence electrons. The summed E-state index contributed by atoms with van der Waals surface area (Å²) in [4.78, 5) is 18.9. The van der Waals surface area contributed by atoms with Crippen molar-refractivity contribution < 1.29 is 0 Å². The molecule has 0 aliphatic carbocycles. The molecule has 0 fully saturated rings. The largest absolute Gasteiger partial charge is 0.347 e. The van der Waals surface area contributed by atoms with Gasteiger partial charge in [0.25, 0.3) is 0 Å². The van der Waals surface area contributed by atoms with Gasteiger partial charge in [-0.2, -0.15) is 15.0 Å². The summed E-state index contributed by atoms with van der Waals surface area (Å²) < 4.78 is 0. The van der Waals surface area contributed by atoms with Crippen LogP contribution < -0.4 is 4.90 Å². The number of hydrogen-bond donors (Lipinski definition) is 0. The van der Waals surface area contributed by atoms with Crippen LogP contribution in [0.3, 0.4) is 0 Å².